The highest BCUT2D eigenvalue weighted by Gasteiger charge is 2.26. The Morgan fingerprint density at radius 1 is 0.600 bits per heavy atom. The molecule has 0 unspecified atom stereocenters. The van der Waals surface area contributed by atoms with Crippen LogP contribution in [-0.4, -0.2) is 60.3 Å². The molecule has 0 aliphatic rings. The predicted molar refractivity (Wildman–Crippen MR) is 157 cm³/mol. The van der Waals surface area contributed by atoms with Crippen molar-refractivity contribution in [3.8, 4) is 0 Å². The third-order valence-corrected chi connectivity index (χ3v) is 6.50. The van der Waals surface area contributed by atoms with Crippen LogP contribution in [0.4, 0.5) is 0 Å². The van der Waals surface area contributed by atoms with Crippen LogP contribution in [0.2, 0.25) is 0 Å². The molecule has 0 radical (unpaired) electrons. The van der Waals surface area contributed by atoms with E-state index < -0.39 is 30.1 Å². The Kier molecular flexibility index (Phi) is 22.3. The van der Waals surface area contributed by atoms with Crippen LogP contribution >= 0.6 is 0 Å². The Balaban J connectivity index is 4.67. The average molecular weight is 571 g/mol. The molecule has 0 saturated heterocycles. The molecule has 0 aromatic rings. The van der Waals surface area contributed by atoms with Crippen LogP contribution in [0.3, 0.4) is 0 Å². The number of amides is 2. The molecule has 0 heterocycles. The summed E-state index contributed by atoms with van der Waals surface area (Å²) in [5.74, 6) is -1.32. The number of aliphatic hydroxyl groups is 1. The fraction of sp³-hybridized carbons (Fsp3) is 0.871. The van der Waals surface area contributed by atoms with Crippen LogP contribution in [0.25, 0.3) is 0 Å². The number of aliphatic hydroxyl groups excluding tert-OH is 1. The van der Waals surface area contributed by atoms with Crippen molar-refractivity contribution in [1.29, 1.82) is 0 Å². The van der Waals surface area contributed by atoms with Crippen molar-refractivity contribution in [3.63, 3.8) is 0 Å². The Hall–Kier alpha value is -2.16. The lowest BCUT2D eigenvalue weighted by Crippen LogP contribution is -2.44. The molecular formula is C31H58N2O7. The molecule has 234 valence electrons. The number of ether oxygens (including phenoxy) is 2. The summed E-state index contributed by atoms with van der Waals surface area (Å²) < 4.78 is 10.5. The summed E-state index contributed by atoms with van der Waals surface area (Å²) in [7, 11) is 0. The van der Waals surface area contributed by atoms with Crippen molar-refractivity contribution in [1.82, 2.24) is 10.6 Å². The first-order valence-corrected chi connectivity index (χ1v) is 15.6. The molecule has 2 atom stereocenters. The highest BCUT2D eigenvalue weighted by molar-refractivity contribution is 5.85. The van der Waals surface area contributed by atoms with Gasteiger partial charge in [0.15, 0.2) is 0 Å². The van der Waals surface area contributed by atoms with E-state index >= 15 is 0 Å². The molecule has 3 N–H and O–H groups in total. The zero-order valence-electron chi connectivity index (χ0n) is 26.1. The van der Waals surface area contributed by atoms with Crippen molar-refractivity contribution in [2.45, 2.75) is 150 Å². The topological polar surface area (TPSA) is 131 Å². The standard InChI is InChI=1S/C31H58N2O7/c1-7-9-11-13-15-17-28(35)32-26(19-23(3)4)30(37)39-21-25(34)22-40-31(38)27(20-24(5)6)33-29(36)18-16-14-12-10-8-2/h23-27,34H,7-22H2,1-6H3,(H,32,35)(H,33,36)/t26-,27-/m0/s1. The van der Waals surface area contributed by atoms with E-state index in [1.807, 2.05) is 27.7 Å². The number of carbonyl (C=O) groups excluding carboxylic acids is 4. The maximum atomic E-state index is 12.7. The van der Waals surface area contributed by atoms with Crippen LogP contribution < -0.4 is 10.6 Å². The molecule has 0 saturated carbocycles. The summed E-state index contributed by atoms with van der Waals surface area (Å²) in [6.45, 7) is 11.3. The van der Waals surface area contributed by atoms with Crippen LogP contribution in [0.15, 0.2) is 0 Å². The molecular weight excluding hydrogens is 512 g/mol. The summed E-state index contributed by atoms with van der Waals surface area (Å²) in [5.41, 5.74) is 0. The van der Waals surface area contributed by atoms with Gasteiger partial charge >= 0.3 is 11.9 Å². The zero-order chi connectivity index (χ0) is 30.3. The first-order chi connectivity index (χ1) is 19.0. The van der Waals surface area contributed by atoms with Gasteiger partial charge in [-0.1, -0.05) is 92.9 Å². The molecule has 9 heteroatoms. The normalized spacial score (nSPS) is 12.8. The highest BCUT2D eigenvalue weighted by Crippen LogP contribution is 2.11. The van der Waals surface area contributed by atoms with E-state index in [1.54, 1.807) is 0 Å². The van der Waals surface area contributed by atoms with Crippen molar-refractivity contribution < 1.29 is 33.8 Å². The SMILES string of the molecule is CCCCCCCC(=O)N[C@@H](CC(C)C)C(=O)OCC(O)COC(=O)[C@H](CC(C)C)NC(=O)CCCCCCC. The average Bonchev–Trinajstić information content (AvgIpc) is 2.88. The molecule has 9 nitrogen and oxygen atoms in total. The molecule has 0 rings (SSSR count). The van der Waals surface area contributed by atoms with Crippen molar-refractivity contribution in [2.24, 2.45) is 11.8 Å². The van der Waals surface area contributed by atoms with E-state index in [0.29, 0.717) is 25.7 Å². The number of hydrogen-bond acceptors (Lipinski definition) is 7. The van der Waals surface area contributed by atoms with Crippen LogP contribution in [0.5, 0.6) is 0 Å². The minimum absolute atomic E-state index is 0.151. The lowest BCUT2D eigenvalue weighted by Gasteiger charge is -2.22. The maximum absolute atomic E-state index is 12.7. The zero-order valence-corrected chi connectivity index (χ0v) is 26.1. The summed E-state index contributed by atoms with van der Waals surface area (Å²) in [6.07, 6.45) is 10.6. The minimum Gasteiger partial charge on any atom is -0.461 e. The summed E-state index contributed by atoms with van der Waals surface area (Å²) in [4.78, 5) is 50.0. The number of carbonyl (C=O) groups is 4. The molecule has 0 aromatic carbocycles. The minimum atomic E-state index is -1.23. The molecule has 0 fully saturated rings. The lowest BCUT2D eigenvalue weighted by atomic mass is 10.0. The van der Waals surface area contributed by atoms with Crippen molar-refractivity contribution >= 4 is 23.8 Å². The predicted octanol–water partition coefficient (Wildman–Crippen LogP) is 5.22. The largest absolute Gasteiger partial charge is 0.461 e. The molecule has 40 heavy (non-hydrogen) atoms. The van der Waals surface area contributed by atoms with E-state index in [-0.39, 0.29) is 36.9 Å². The Bertz CT molecular complexity index is 654. The quantitative estimate of drug-likeness (QED) is 0.107. The van der Waals surface area contributed by atoms with Gasteiger partial charge in [-0.15, -0.1) is 0 Å². The Morgan fingerprint density at radius 3 is 1.27 bits per heavy atom. The summed E-state index contributed by atoms with van der Waals surface area (Å²) in [5, 5.41) is 15.8. The van der Waals surface area contributed by atoms with Gasteiger partial charge in [0.1, 0.15) is 31.4 Å². The van der Waals surface area contributed by atoms with Crippen LogP contribution in [0.1, 0.15) is 131 Å². The first-order valence-electron chi connectivity index (χ1n) is 15.6. The number of hydrogen-bond donors (Lipinski definition) is 3. The summed E-state index contributed by atoms with van der Waals surface area (Å²) >= 11 is 0. The third kappa shape index (κ3) is 20.7. The second-order valence-corrected chi connectivity index (χ2v) is 11.7. The fourth-order valence-corrected chi connectivity index (χ4v) is 4.29. The van der Waals surface area contributed by atoms with E-state index in [1.165, 1.54) is 0 Å². The highest BCUT2D eigenvalue weighted by atomic mass is 16.6. The smallest absolute Gasteiger partial charge is 0.328 e. The van der Waals surface area contributed by atoms with Gasteiger partial charge in [-0.05, 0) is 37.5 Å². The summed E-state index contributed by atoms with van der Waals surface area (Å²) in [6, 6.07) is -1.60. The second-order valence-electron chi connectivity index (χ2n) is 11.7. The molecule has 2 amide bonds. The van der Waals surface area contributed by atoms with Crippen molar-refractivity contribution in [3.05, 3.63) is 0 Å². The van der Waals surface area contributed by atoms with Crippen LogP contribution in [-0.2, 0) is 28.7 Å². The number of unbranched alkanes of at least 4 members (excludes halogenated alkanes) is 8. The van der Waals surface area contributed by atoms with Crippen LogP contribution in [0, 0.1) is 11.8 Å². The molecule has 0 spiro atoms. The lowest BCUT2D eigenvalue weighted by molar-refractivity contribution is -0.157. The van der Waals surface area contributed by atoms with Crippen molar-refractivity contribution in [2.75, 3.05) is 13.2 Å². The third-order valence-electron chi connectivity index (χ3n) is 6.50. The van der Waals surface area contributed by atoms with Gasteiger partial charge in [0.05, 0.1) is 0 Å². The fourth-order valence-electron chi connectivity index (χ4n) is 4.29. The maximum Gasteiger partial charge on any atom is 0.328 e. The number of esters is 2. The van der Waals surface area contributed by atoms with E-state index in [2.05, 4.69) is 24.5 Å². The molecule has 0 aliphatic carbocycles. The van der Waals surface area contributed by atoms with E-state index in [0.717, 1.165) is 64.2 Å². The van der Waals surface area contributed by atoms with Gasteiger partial charge in [0.25, 0.3) is 0 Å². The molecule has 0 bridgehead atoms. The monoisotopic (exact) mass is 570 g/mol. The van der Waals surface area contributed by atoms with E-state index in [4.69, 9.17) is 9.47 Å². The second kappa shape index (κ2) is 23.5. The van der Waals surface area contributed by atoms with Gasteiger partial charge in [-0.3, -0.25) is 9.59 Å². The number of nitrogens with one attached hydrogen (secondary N) is 2. The molecule has 0 aliphatic heterocycles. The molecule has 0 aromatic heterocycles. The van der Waals surface area contributed by atoms with Gasteiger partial charge in [0.2, 0.25) is 11.8 Å². The van der Waals surface area contributed by atoms with Gasteiger partial charge in [0, 0.05) is 12.8 Å². The Labute approximate surface area is 242 Å². The van der Waals surface area contributed by atoms with E-state index in [9.17, 15) is 24.3 Å². The Morgan fingerprint density at radius 2 is 0.950 bits per heavy atom. The van der Waals surface area contributed by atoms with Gasteiger partial charge in [-0.2, -0.15) is 0 Å². The first kappa shape index (κ1) is 37.8. The van der Waals surface area contributed by atoms with Gasteiger partial charge in [-0.25, -0.2) is 9.59 Å². The number of rotatable bonds is 24. The van der Waals surface area contributed by atoms with Gasteiger partial charge < -0.3 is 25.2 Å².